The highest BCUT2D eigenvalue weighted by Crippen LogP contribution is 2.45. The highest BCUT2D eigenvalue weighted by Gasteiger charge is 2.45. The molecule has 1 aromatic rings. The van der Waals surface area contributed by atoms with E-state index in [2.05, 4.69) is 0 Å². The van der Waals surface area contributed by atoms with Crippen molar-refractivity contribution in [3.05, 3.63) is 34.4 Å². The van der Waals surface area contributed by atoms with Gasteiger partial charge in [-0.2, -0.15) is 0 Å². The standard InChI is InChI=1S/C15H20O3/c1-9-7-11-12(8-10(9)5-6-18-4)14(17)15(2,3)13(11)16/h7-8,13,16H,5-6H2,1-4H3/t13-/m1/s1. The SMILES string of the molecule is COCCc1cc2c(cc1C)[C@@H](O)C(C)(C)C2=O. The molecule has 0 fully saturated rings. The molecule has 0 heterocycles. The van der Waals surface area contributed by atoms with Crippen molar-refractivity contribution in [3.63, 3.8) is 0 Å². The Morgan fingerprint density at radius 2 is 2.06 bits per heavy atom. The van der Waals surface area contributed by atoms with Crippen LogP contribution in [0.2, 0.25) is 0 Å². The summed E-state index contributed by atoms with van der Waals surface area (Å²) in [6, 6.07) is 3.86. The minimum absolute atomic E-state index is 0.0312. The lowest BCUT2D eigenvalue weighted by molar-refractivity contribution is 0.0491. The molecule has 2 rings (SSSR count). The molecular weight excluding hydrogens is 228 g/mol. The van der Waals surface area contributed by atoms with E-state index in [4.69, 9.17) is 4.74 Å². The molecule has 0 aliphatic heterocycles. The Morgan fingerprint density at radius 3 is 2.67 bits per heavy atom. The number of hydrogen-bond donors (Lipinski definition) is 1. The Bertz CT molecular complexity index is 489. The Morgan fingerprint density at radius 1 is 1.39 bits per heavy atom. The highest BCUT2D eigenvalue weighted by molar-refractivity contribution is 6.05. The first-order chi connectivity index (χ1) is 8.39. The van der Waals surface area contributed by atoms with Crippen molar-refractivity contribution < 1.29 is 14.6 Å². The van der Waals surface area contributed by atoms with Gasteiger partial charge in [0, 0.05) is 12.7 Å². The number of fused-ring (bicyclic) bond motifs is 1. The van der Waals surface area contributed by atoms with Crippen LogP contribution in [0.4, 0.5) is 0 Å². The van der Waals surface area contributed by atoms with Gasteiger partial charge in [0.25, 0.3) is 0 Å². The summed E-state index contributed by atoms with van der Waals surface area (Å²) in [5, 5.41) is 10.2. The number of benzene rings is 1. The summed E-state index contributed by atoms with van der Waals surface area (Å²) in [7, 11) is 1.67. The molecule has 1 aliphatic carbocycles. The van der Waals surface area contributed by atoms with Gasteiger partial charge in [-0.1, -0.05) is 6.07 Å². The van der Waals surface area contributed by atoms with Crippen LogP contribution in [0.15, 0.2) is 12.1 Å². The summed E-state index contributed by atoms with van der Waals surface area (Å²) < 4.78 is 5.07. The maximum atomic E-state index is 12.3. The lowest BCUT2D eigenvalue weighted by atomic mass is 9.86. The summed E-state index contributed by atoms with van der Waals surface area (Å²) in [6.45, 7) is 6.24. The Kier molecular flexibility index (Phi) is 3.30. The van der Waals surface area contributed by atoms with E-state index >= 15 is 0 Å². The third-order valence-electron chi connectivity index (χ3n) is 3.89. The number of aryl methyl sites for hydroxylation is 1. The monoisotopic (exact) mass is 248 g/mol. The maximum Gasteiger partial charge on any atom is 0.171 e. The molecule has 0 amide bonds. The van der Waals surface area contributed by atoms with E-state index in [0.29, 0.717) is 12.2 Å². The van der Waals surface area contributed by atoms with Crippen LogP contribution in [0.1, 0.15) is 47.0 Å². The van der Waals surface area contributed by atoms with Crippen LogP contribution in [0.25, 0.3) is 0 Å². The van der Waals surface area contributed by atoms with Gasteiger partial charge in [-0.25, -0.2) is 0 Å². The Balaban J connectivity index is 2.46. The highest BCUT2D eigenvalue weighted by atomic mass is 16.5. The molecule has 3 nitrogen and oxygen atoms in total. The number of hydrogen-bond acceptors (Lipinski definition) is 3. The third-order valence-corrected chi connectivity index (χ3v) is 3.89. The summed E-state index contributed by atoms with van der Waals surface area (Å²) in [6.07, 6.45) is 0.0922. The smallest absolute Gasteiger partial charge is 0.171 e. The van der Waals surface area contributed by atoms with Gasteiger partial charge in [-0.3, -0.25) is 4.79 Å². The number of Topliss-reactive ketones (excluding diaryl/α,β-unsaturated/α-hetero) is 1. The number of ketones is 1. The summed E-state index contributed by atoms with van der Waals surface area (Å²) >= 11 is 0. The molecule has 1 N–H and O–H groups in total. The molecule has 0 saturated heterocycles. The number of aliphatic hydroxyl groups is 1. The van der Waals surface area contributed by atoms with Gasteiger partial charge in [0.1, 0.15) is 0 Å². The molecule has 0 bridgehead atoms. The Labute approximate surface area is 108 Å². The van der Waals surface area contributed by atoms with Crippen molar-refractivity contribution in [1.82, 2.24) is 0 Å². The van der Waals surface area contributed by atoms with Gasteiger partial charge in [-0.05, 0) is 49.9 Å². The molecule has 0 radical (unpaired) electrons. The van der Waals surface area contributed by atoms with Crippen molar-refractivity contribution >= 4 is 5.78 Å². The first-order valence-electron chi connectivity index (χ1n) is 6.24. The number of methoxy groups -OCH3 is 1. The van der Waals surface area contributed by atoms with Crippen molar-refractivity contribution in [2.24, 2.45) is 5.41 Å². The number of aliphatic hydroxyl groups excluding tert-OH is 1. The van der Waals surface area contributed by atoms with E-state index in [0.717, 1.165) is 23.1 Å². The van der Waals surface area contributed by atoms with Crippen molar-refractivity contribution in [1.29, 1.82) is 0 Å². The second kappa shape index (κ2) is 4.48. The fourth-order valence-corrected chi connectivity index (χ4v) is 2.54. The van der Waals surface area contributed by atoms with Gasteiger partial charge in [-0.15, -0.1) is 0 Å². The van der Waals surface area contributed by atoms with Crippen molar-refractivity contribution in [2.75, 3.05) is 13.7 Å². The average Bonchev–Trinajstić information content (AvgIpc) is 2.49. The molecule has 1 aliphatic rings. The fraction of sp³-hybridized carbons (Fsp3) is 0.533. The van der Waals surface area contributed by atoms with Gasteiger partial charge in [0.2, 0.25) is 0 Å². The lowest BCUT2D eigenvalue weighted by Gasteiger charge is -2.20. The molecule has 0 unspecified atom stereocenters. The van der Waals surface area contributed by atoms with Gasteiger partial charge >= 0.3 is 0 Å². The second-order valence-corrected chi connectivity index (χ2v) is 5.56. The molecule has 0 saturated carbocycles. The summed E-state index contributed by atoms with van der Waals surface area (Å²) in [5.41, 5.74) is 2.95. The number of carbonyl (C=O) groups is 1. The Hall–Kier alpha value is -1.19. The predicted octanol–water partition coefficient (Wildman–Crippen LogP) is 2.44. The number of rotatable bonds is 3. The predicted molar refractivity (Wildman–Crippen MR) is 69.8 cm³/mol. The van der Waals surface area contributed by atoms with E-state index < -0.39 is 11.5 Å². The normalized spacial score (nSPS) is 21.2. The third kappa shape index (κ3) is 1.88. The van der Waals surface area contributed by atoms with E-state index in [1.165, 1.54) is 0 Å². The number of ether oxygens (including phenoxy) is 1. The summed E-state index contributed by atoms with van der Waals surface area (Å²) in [4.78, 5) is 12.3. The molecule has 3 heteroatoms. The van der Waals surface area contributed by atoms with Gasteiger partial charge in [0.05, 0.1) is 18.1 Å². The fourth-order valence-electron chi connectivity index (χ4n) is 2.54. The van der Waals surface area contributed by atoms with Gasteiger partial charge in [0.15, 0.2) is 5.78 Å². The van der Waals surface area contributed by atoms with Gasteiger partial charge < -0.3 is 9.84 Å². The molecule has 18 heavy (non-hydrogen) atoms. The van der Waals surface area contributed by atoms with Crippen LogP contribution < -0.4 is 0 Å². The van der Waals surface area contributed by atoms with E-state index in [1.807, 2.05) is 19.1 Å². The maximum absolute atomic E-state index is 12.3. The largest absolute Gasteiger partial charge is 0.387 e. The first kappa shape index (κ1) is 13.2. The van der Waals surface area contributed by atoms with Crippen LogP contribution >= 0.6 is 0 Å². The van der Waals surface area contributed by atoms with Crippen LogP contribution in [0, 0.1) is 12.3 Å². The van der Waals surface area contributed by atoms with Crippen LogP contribution in [0.3, 0.4) is 0 Å². The van der Waals surface area contributed by atoms with Crippen LogP contribution in [-0.4, -0.2) is 24.6 Å². The first-order valence-corrected chi connectivity index (χ1v) is 6.24. The minimum Gasteiger partial charge on any atom is -0.387 e. The van der Waals surface area contributed by atoms with Crippen molar-refractivity contribution in [2.45, 2.75) is 33.3 Å². The zero-order chi connectivity index (χ0) is 13.5. The van der Waals surface area contributed by atoms with E-state index in [-0.39, 0.29) is 5.78 Å². The minimum atomic E-state index is -0.714. The molecule has 0 spiro atoms. The average molecular weight is 248 g/mol. The molecule has 1 atom stereocenters. The molecule has 98 valence electrons. The van der Waals surface area contributed by atoms with E-state index in [9.17, 15) is 9.90 Å². The summed E-state index contributed by atoms with van der Waals surface area (Å²) in [5.74, 6) is 0.0312. The quantitative estimate of drug-likeness (QED) is 0.893. The second-order valence-electron chi connectivity index (χ2n) is 5.56. The topological polar surface area (TPSA) is 46.5 Å². The lowest BCUT2D eigenvalue weighted by Crippen LogP contribution is -2.23. The number of carbonyl (C=O) groups excluding carboxylic acids is 1. The van der Waals surface area contributed by atoms with Crippen LogP contribution in [0.5, 0.6) is 0 Å². The molecular formula is C15H20O3. The zero-order valence-electron chi connectivity index (χ0n) is 11.4. The molecule has 1 aromatic carbocycles. The van der Waals surface area contributed by atoms with Crippen molar-refractivity contribution in [3.8, 4) is 0 Å². The zero-order valence-corrected chi connectivity index (χ0v) is 11.4. The van der Waals surface area contributed by atoms with Crippen LogP contribution in [-0.2, 0) is 11.2 Å². The molecule has 0 aromatic heterocycles. The van der Waals surface area contributed by atoms with E-state index in [1.54, 1.807) is 21.0 Å².